The second-order valence-electron chi connectivity index (χ2n) is 6.80. The minimum Gasteiger partial charge on any atom is -0.497 e. The average Bonchev–Trinajstić information content (AvgIpc) is 3.17. The van der Waals surface area contributed by atoms with Crippen LogP contribution in [0.4, 0.5) is 5.69 Å². The summed E-state index contributed by atoms with van der Waals surface area (Å²) in [5.74, 6) is 2.50. The topological polar surface area (TPSA) is 68.2 Å². The maximum absolute atomic E-state index is 12.2. The molecule has 0 aromatic heterocycles. The van der Waals surface area contributed by atoms with E-state index in [0.717, 1.165) is 27.9 Å². The zero-order valence-corrected chi connectivity index (χ0v) is 17.4. The van der Waals surface area contributed by atoms with Crippen molar-refractivity contribution in [3.63, 3.8) is 0 Å². The highest BCUT2D eigenvalue weighted by Gasteiger charge is 2.47. The first-order chi connectivity index (χ1) is 13.5. The van der Waals surface area contributed by atoms with Crippen LogP contribution in [-0.2, 0) is 15.6 Å². The average molecular weight is 419 g/mol. The first kappa shape index (κ1) is 19.1. The lowest BCUT2D eigenvalue weighted by Gasteiger charge is -2.27. The van der Waals surface area contributed by atoms with Crippen LogP contribution in [-0.4, -0.2) is 51.4 Å². The van der Waals surface area contributed by atoms with Crippen LogP contribution < -0.4 is 14.4 Å². The van der Waals surface area contributed by atoms with Crippen LogP contribution in [0.2, 0.25) is 0 Å². The number of benzene rings is 2. The molecule has 0 bridgehead atoms. The quantitative estimate of drug-likeness (QED) is 0.744. The molecule has 1 saturated heterocycles. The highest BCUT2D eigenvalue weighted by atomic mass is 32.2. The molecular formula is C20H22N2O4S2. The highest BCUT2D eigenvalue weighted by Crippen LogP contribution is 2.39. The third kappa shape index (κ3) is 3.71. The SMILES string of the molecule is COc1ccc(CSC2=N[C@@H]3CS(=O)(=O)C[C@H]3N2c2ccccc2OC)cc1. The monoisotopic (exact) mass is 418 g/mol. The normalized spacial score (nSPS) is 22.6. The summed E-state index contributed by atoms with van der Waals surface area (Å²) < 4.78 is 35.1. The van der Waals surface area contributed by atoms with Crippen molar-refractivity contribution in [3.05, 3.63) is 54.1 Å². The van der Waals surface area contributed by atoms with E-state index in [2.05, 4.69) is 0 Å². The minimum atomic E-state index is -3.08. The van der Waals surface area contributed by atoms with Crippen molar-refractivity contribution in [2.75, 3.05) is 30.6 Å². The van der Waals surface area contributed by atoms with Crippen molar-refractivity contribution in [3.8, 4) is 11.5 Å². The van der Waals surface area contributed by atoms with Gasteiger partial charge in [0.05, 0.1) is 43.5 Å². The Labute approximate surface area is 169 Å². The Bertz CT molecular complexity index is 990. The Morgan fingerprint density at radius 2 is 1.82 bits per heavy atom. The number of para-hydroxylation sites is 2. The van der Waals surface area contributed by atoms with Crippen molar-refractivity contribution in [1.29, 1.82) is 0 Å². The first-order valence-electron chi connectivity index (χ1n) is 8.97. The molecule has 0 amide bonds. The maximum Gasteiger partial charge on any atom is 0.164 e. The first-order valence-corrected chi connectivity index (χ1v) is 11.8. The van der Waals surface area contributed by atoms with Gasteiger partial charge in [0.25, 0.3) is 0 Å². The predicted molar refractivity (Wildman–Crippen MR) is 113 cm³/mol. The lowest BCUT2D eigenvalue weighted by molar-refractivity contribution is 0.414. The molecule has 6 nitrogen and oxygen atoms in total. The van der Waals surface area contributed by atoms with E-state index in [4.69, 9.17) is 14.5 Å². The third-order valence-corrected chi connectivity index (χ3v) is 7.72. The van der Waals surface area contributed by atoms with Crippen LogP contribution in [0.5, 0.6) is 11.5 Å². The molecule has 1 fully saturated rings. The van der Waals surface area contributed by atoms with E-state index in [0.29, 0.717) is 5.75 Å². The van der Waals surface area contributed by atoms with E-state index >= 15 is 0 Å². The molecule has 4 rings (SSSR count). The van der Waals surface area contributed by atoms with Crippen LogP contribution in [0.1, 0.15) is 5.56 Å². The van der Waals surface area contributed by atoms with Crippen molar-refractivity contribution >= 4 is 32.5 Å². The Balaban J connectivity index is 1.61. The molecule has 148 valence electrons. The molecule has 0 N–H and O–H groups in total. The summed E-state index contributed by atoms with van der Waals surface area (Å²) in [6, 6.07) is 15.2. The predicted octanol–water partition coefficient (Wildman–Crippen LogP) is 2.98. The maximum atomic E-state index is 12.2. The van der Waals surface area contributed by atoms with Gasteiger partial charge in [-0.15, -0.1) is 0 Å². The van der Waals surface area contributed by atoms with Crippen molar-refractivity contribution in [1.82, 2.24) is 0 Å². The molecule has 8 heteroatoms. The van der Waals surface area contributed by atoms with Gasteiger partial charge in [-0.05, 0) is 29.8 Å². The summed E-state index contributed by atoms with van der Waals surface area (Å²) in [5, 5.41) is 0.838. The lowest BCUT2D eigenvalue weighted by atomic mass is 10.1. The summed E-state index contributed by atoms with van der Waals surface area (Å²) in [6.45, 7) is 0. The Hall–Kier alpha value is -2.19. The molecule has 0 saturated carbocycles. The van der Waals surface area contributed by atoms with Crippen LogP contribution >= 0.6 is 11.8 Å². The Kier molecular flexibility index (Phi) is 5.25. The van der Waals surface area contributed by atoms with E-state index in [9.17, 15) is 8.42 Å². The molecule has 0 unspecified atom stereocenters. The van der Waals surface area contributed by atoms with E-state index in [-0.39, 0.29) is 23.6 Å². The van der Waals surface area contributed by atoms with Gasteiger partial charge in [-0.3, -0.25) is 4.99 Å². The summed E-state index contributed by atoms with van der Waals surface area (Å²) in [4.78, 5) is 6.82. The van der Waals surface area contributed by atoms with Gasteiger partial charge in [-0.25, -0.2) is 8.42 Å². The van der Waals surface area contributed by atoms with E-state index in [1.807, 2.05) is 53.4 Å². The van der Waals surface area contributed by atoms with Gasteiger partial charge in [-0.1, -0.05) is 36.0 Å². The summed E-state index contributed by atoms with van der Waals surface area (Å²) in [7, 11) is 0.195. The molecule has 0 radical (unpaired) electrons. The second kappa shape index (κ2) is 7.67. The van der Waals surface area contributed by atoms with Gasteiger partial charge in [-0.2, -0.15) is 0 Å². The summed E-state index contributed by atoms with van der Waals surface area (Å²) >= 11 is 1.61. The number of nitrogens with zero attached hydrogens (tertiary/aromatic N) is 2. The number of fused-ring (bicyclic) bond motifs is 1. The molecule has 2 aliphatic rings. The van der Waals surface area contributed by atoms with Gasteiger partial charge in [0, 0.05) is 5.75 Å². The van der Waals surface area contributed by atoms with Crippen LogP contribution in [0, 0.1) is 0 Å². The number of hydrogen-bond acceptors (Lipinski definition) is 7. The second-order valence-corrected chi connectivity index (χ2v) is 9.90. The number of hydrogen-bond donors (Lipinski definition) is 0. The molecule has 2 aromatic carbocycles. The number of amidine groups is 1. The lowest BCUT2D eigenvalue weighted by Crippen LogP contribution is -2.39. The van der Waals surface area contributed by atoms with Crippen molar-refractivity contribution in [2.45, 2.75) is 17.8 Å². The number of sulfone groups is 1. The molecule has 0 spiro atoms. The number of methoxy groups -OCH3 is 2. The zero-order chi connectivity index (χ0) is 19.7. The Morgan fingerprint density at radius 3 is 2.54 bits per heavy atom. The van der Waals surface area contributed by atoms with Gasteiger partial charge in [0.1, 0.15) is 11.5 Å². The number of thioether (sulfide) groups is 1. The van der Waals surface area contributed by atoms with Gasteiger partial charge in [0.15, 0.2) is 15.0 Å². The molecule has 28 heavy (non-hydrogen) atoms. The smallest absolute Gasteiger partial charge is 0.164 e. The summed E-state index contributed by atoms with van der Waals surface area (Å²) in [6.07, 6.45) is 0. The van der Waals surface area contributed by atoms with Crippen molar-refractivity contribution in [2.24, 2.45) is 4.99 Å². The van der Waals surface area contributed by atoms with Gasteiger partial charge < -0.3 is 14.4 Å². The van der Waals surface area contributed by atoms with Crippen LogP contribution in [0.15, 0.2) is 53.5 Å². The van der Waals surface area contributed by atoms with E-state index < -0.39 is 9.84 Å². The molecular weight excluding hydrogens is 396 g/mol. The number of ether oxygens (including phenoxy) is 2. The number of aliphatic imine (C=N–C) groups is 1. The molecule has 2 atom stereocenters. The minimum absolute atomic E-state index is 0.107. The van der Waals surface area contributed by atoms with Gasteiger partial charge in [0.2, 0.25) is 0 Å². The molecule has 2 aromatic rings. The number of anilines is 1. The highest BCUT2D eigenvalue weighted by molar-refractivity contribution is 8.13. The Morgan fingerprint density at radius 1 is 1.07 bits per heavy atom. The standard InChI is InChI=1S/C20H22N2O4S2/c1-25-15-9-7-14(8-10-15)11-27-20-21-16-12-28(23,24)13-18(16)22(20)17-5-3-4-6-19(17)26-2/h3-10,16,18H,11-13H2,1-2H3/t16-,18-/m1/s1. The fraction of sp³-hybridized carbons (Fsp3) is 0.350. The molecule has 2 aliphatic heterocycles. The zero-order valence-electron chi connectivity index (χ0n) is 15.7. The largest absolute Gasteiger partial charge is 0.497 e. The fourth-order valence-electron chi connectivity index (χ4n) is 3.61. The summed E-state index contributed by atoms with van der Waals surface area (Å²) in [5.41, 5.74) is 2.01. The molecule has 0 aliphatic carbocycles. The fourth-order valence-corrected chi connectivity index (χ4v) is 6.53. The van der Waals surface area contributed by atoms with Crippen LogP contribution in [0.25, 0.3) is 0 Å². The van der Waals surface area contributed by atoms with Gasteiger partial charge >= 0.3 is 0 Å². The van der Waals surface area contributed by atoms with E-state index in [1.165, 1.54) is 0 Å². The van der Waals surface area contributed by atoms with Crippen LogP contribution in [0.3, 0.4) is 0 Å². The number of rotatable bonds is 5. The van der Waals surface area contributed by atoms with Crippen molar-refractivity contribution < 1.29 is 17.9 Å². The molecule has 2 heterocycles. The third-order valence-electron chi connectivity index (χ3n) is 4.98. The van der Waals surface area contributed by atoms with E-state index in [1.54, 1.807) is 26.0 Å².